The van der Waals surface area contributed by atoms with Crippen molar-refractivity contribution in [2.75, 3.05) is 11.3 Å². The molecule has 0 saturated heterocycles. The number of ether oxygens (including phenoxy) is 1. The monoisotopic (exact) mass is 353 g/mol. The van der Waals surface area contributed by atoms with Gasteiger partial charge in [0.2, 0.25) is 0 Å². The number of nitrogens with one attached hydrogen (secondary N) is 2. The fraction of sp³-hybridized carbons (Fsp3) is 0.105. The Kier molecular flexibility index (Phi) is 5.26. The number of H-pyrrole nitrogens is 1. The molecule has 0 aliphatic heterocycles. The predicted octanol–water partition coefficient (Wildman–Crippen LogP) is 5.21. The van der Waals surface area contributed by atoms with Crippen LogP contribution in [-0.4, -0.2) is 11.6 Å². The van der Waals surface area contributed by atoms with Gasteiger partial charge in [-0.15, -0.1) is 0 Å². The van der Waals surface area contributed by atoms with E-state index in [1.165, 1.54) is 18.0 Å². The molecule has 126 valence electrons. The molecule has 1 aromatic heterocycles. The van der Waals surface area contributed by atoms with E-state index < -0.39 is 5.82 Å². The summed E-state index contributed by atoms with van der Waals surface area (Å²) in [7, 11) is 0. The number of nitrogens with zero attached hydrogens (tertiary/aromatic N) is 1. The predicted molar refractivity (Wildman–Crippen MR) is 98.0 cm³/mol. The highest BCUT2D eigenvalue weighted by Gasteiger charge is 2.09. The lowest BCUT2D eigenvalue weighted by atomic mass is 10.1. The molecule has 0 atom stereocenters. The van der Waals surface area contributed by atoms with Crippen LogP contribution in [0.3, 0.4) is 0 Å². The van der Waals surface area contributed by atoms with E-state index in [-0.39, 0.29) is 0 Å². The molecule has 0 aliphatic carbocycles. The average Bonchev–Trinajstić information content (AvgIpc) is 3.10. The molecule has 0 amide bonds. The van der Waals surface area contributed by atoms with Crippen LogP contribution in [0.2, 0.25) is 0 Å². The van der Waals surface area contributed by atoms with E-state index in [0.717, 1.165) is 21.9 Å². The zero-order valence-electron chi connectivity index (χ0n) is 13.5. The lowest BCUT2D eigenvalue weighted by Gasteiger charge is -2.08. The first kappa shape index (κ1) is 16.9. The Morgan fingerprint density at radius 3 is 2.84 bits per heavy atom. The van der Waals surface area contributed by atoms with Crippen molar-refractivity contribution in [3.63, 3.8) is 0 Å². The minimum atomic E-state index is -0.455. The van der Waals surface area contributed by atoms with Gasteiger partial charge in [-0.3, -0.25) is 0 Å². The lowest BCUT2D eigenvalue weighted by Crippen LogP contribution is -1.93. The largest absolute Gasteiger partial charge is 0.493 e. The number of aromatic amines is 1. The van der Waals surface area contributed by atoms with Crippen molar-refractivity contribution in [1.82, 2.24) is 4.98 Å². The van der Waals surface area contributed by atoms with Crippen molar-refractivity contribution >= 4 is 17.6 Å². The van der Waals surface area contributed by atoms with Crippen LogP contribution in [0.15, 0.2) is 59.6 Å². The second-order valence-electron chi connectivity index (χ2n) is 5.19. The van der Waals surface area contributed by atoms with Crippen LogP contribution in [0.25, 0.3) is 11.3 Å². The number of halogens is 1. The summed E-state index contributed by atoms with van der Waals surface area (Å²) in [6.45, 7) is 2.54. The summed E-state index contributed by atoms with van der Waals surface area (Å²) in [4.78, 5) is 4.12. The number of hydrogen-bond donors (Lipinski definition) is 2. The van der Waals surface area contributed by atoms with Crippen LogP contribution in [0.1, 0.15) is 12.5 Å². The van der Waals surface area contributed by atoms with Gasteiger partial charge < -0.3 is 14.4 Å². The van der Waals surface area contributed by atoms with Crippen LogP contribution in [-0.2, 0) is 0 Å². The summed E-state index contributed by atoms with van der Waals surface area (Å²) in [6.07, 6.45) is 1.84. The van der Waals surface area contributed by atoms with Crippen molar-refractivity contribution in [2.24, 2.45) is 0 Å². The Hall–Kier alpha value is -2.91. The Balaban J connectivity index is 1.74. The topological polar surface area (TPSA) is 60.8 Å². The van der Waals surface area contributed by atoms with Gasteiger partial charge in [-0.25, -0.2) is 4.39 Å². The first-order valence-corrected chi connectivity index (χ1v) is 8.56. The third kappa shape index (κ3) is 3.95. The lowest BCUT2D eigenvalue weighted by molar-refractivity contribution is 0.341. The highest BCUT2D eigenvalue weighted by Crippen LogP contribution is 2.32. The molecule has 3 aromatic rings. The van der Waals surface area contributed by atoms with Gasteiger partial charge in [0.1, 0.15) is 11.6 Å². The fourth-order valence-corrected chi connectivity index (χ4v) is 3.03. The van der Waals surface area contributed by atoms with Gasteiger partial charge in [0, 0.05) is 16.7 Å². The highest BCUT2D eigenvalue weighted by atomic mass is 32.2. The Morgan fingerprint density at radius 2 is 2.08 bits per heavy atom. The third-order valence-corrected chi connectivity index (χ3v) is 4.30. The van der Waals surface area contributed by atoms with Crippen LogP contribution < -0.4 is 9.46 Å². The van der Waals surface area contributed by atoms with Gasteiger partial charge in [-0.2, -0.15) is 5.26 Å². The van der Waals surface area contributed by atoms with Crippen molar-refractivity contribution in [3.8, 4) is 23.1 Å². The number of nitriles is 1. The Morgan fingerprint density at radius 1 is 1.24 bits per heavy atom. The summed E-state index contributed by atoms with van der Waals surface area (Å²) in [6, 6.07) is 16.0. The fourth-order valence-electron chi connectivity index (χ4n) is 2.34. The van der Waals surface area contributed by atoms with E-state index in [0.29, 0.717) is 17.9 Å². The second kappa shape index (κ2) is 7.77. The second-order valence-corrected chi connectivity index (χ2v) is 6.07. The molecule has 0 spiro atoms. The average molecular weight is 353 g/mol. The highest BCUT2D eigenvalue weighted by molar-refractivity contribution is 8.00. The van der Waals surface area contributed by atoms with Crippen molar-refractivity contribution < 1.29 is 9.13 Å². The van der Waals surface area contributed by atoms with Crippen LogP contribution >= 0.6 is 11.9 Å². The molecule has 0 aliphatic rings. The number of hydrogen-bond acceptors (Lipinski definition) is 4. The minimum Gasteiger partial charge on any atom is -0.493 e. The van der Waals surface area contributed by atoms with Crippen LogP contribution in [0, 0.1) is 17.1 Å². The summed E-state index contributed by atoms with van der Waals surface area (Å²) >= 11 is 1.29. The summed E-state index contributed by atoms with van der Waals surface area (Å²) in [5.74, 6) is 0.360. The molecule has 0 radical (unpaired) electrons. The van der Waals surface area contributed by atoms with E-state index in [9.17, 15) is 4.39 Å². The molecule has 3 rings (SSSR count). The Bertz CT molecular complexity index is 917. The van der Waals surface area contributed by atoms with Crippen LogP contribution in [0.4, 0.5) is 10.1 Å². The molecular weight excluding hydrogens is 337 g/mol. The zero-order valence-corrected chi connectivity index (χ0v) is 14.4. The summed E-state index contributed by atoms with van der Waals surface area (Å²) in [5, 5.41) is 8.78. The summed E-state index contributed by atoms with van der Waals surface area (Å²) < 4.78 is 22.5. The molecule has 2 N–H and O–H groups in total. The zero-order chi connectivity index (χ0) is 17.6. The standard InChI is InChI=1S/C19H16FN3OS/c1-2-24-19-6-4-3-5-15(19)18-10-14(12-22-18)25-23-17-8-7-13(11-21)9-16(17)20/h3-10,12,22-23H,2H2,1H3. The maximum atomic E-state index is 13.9. The quantitative estimate of drug-likeness (QED) is 0.597. The van der Waals surface area contributed by atoms with Crippen molar-refractivity contribution in [1.29, 1.82) is 5.26 Å². The maximum absolute atomic E-state index is 13.9. The van der Waals surface area contributed by atoms with Gasteiger partial charge in [0.15, 0.2) is 0 Å². The number of aromatic nitrogens is 1. The van der Waals surface area contributed by atoms with Crippen LogP contribution in [0.5, 0.6) is 5.75 Å². The number of para-hydroxylation sites is 1. The molecule has 0 unspecified atom stereocenters. The van der Waals surface area contributed by atoms with Gasteiger partial charge in [-0.05, 0) is 55.3 Å². The smallest absolute Gasteiger partial charge is 0.148 e. The van der Waals surface area contributed by atoms with E-state index in [1.54, 1.807) is 12.1 Å². The van der Waals surface area contributed by atoms with Crippen molar-refractivity contribution in [3.05, 3.63) is 66.1 Å². The van der Waals surface area contributed by atoms with Gasteiger partial charge in [0.05, 0.1) is 29.6 Å². The molecule has 25 heavy (non-hydrogen) atoms. The normalized spacial score (nSPS) is 10.3. The first-order chi connectivity index (χ1) is 12.2. The van der Waals surface area contributed by atoms with Crippen molar-refractivity contribution in [2.45, 2.75) is 11.8 Å². The number of rotatable bonds is 6. The molecule has 2 aromatic carbocycles. The first-order valence-electron chi connectivity index (χ1n) is 7.74. The maximum Gasteiger partial charge on any atom is 0.148 e. The van der Waals surface area contributed by atoms with Gasteiger partial charge in [-0.1, -0.05) is 12.1 Å². The van der Waals surface area contributed by atoms with E-state index in [2.05, 4.69) is 9.71 Å². The molecule has 0 fully saturated rings. The number of benzene rings is 2. The Labute approximate surface area is 149 Å². The minimum absolute atomic E-state index is 0.296. The molecule has 1 heterocycles. The van der Waals surface area contributed by atoms with E-state index in [4.69, 9.17) is 10.00 Å². The molecule has 4 nitrogen and oxygen atoms in total. The molecular formula is C19H16FN3OS. The molecule has 0 bridgehead atoms. The van der Waals surface area contributed by atoms with E-state index >= 15 is 0 Å². The third-order valence-electron chi connectivity index (χ3n) is 3.51. The SMILES string of the molecule is CCOc1ccccc1-c1cc(SNc2ccc(C#N)cc2F)c[nH]1. The van der Waals surface area contributed by atoms with Gasteiger partial charge in [0.25, 0.3) is 0 Å². The molecule has 6 heteroatoms. The van der Waals surface area contributed by atoms with E-state index in [1.807, 2.05) is 49.5 Å². The number of anilines is 1. The summed E-state index contributed by atoms with van der Waals surface area (Å²) in [5.41, 5.74) is 2.53. The molecule has 0 saturated carbocycles. The van der Waals surface area contributed by atoms with Gasteiger partial charge >= 0.3 is 0 Å².